The molecule has 226 valence electrons. The van der Waals surface area contributed by atoms with Crippen molar-refractivity contribution in [1.82, 2.24) is 14.7 Å². The summed E-state index contributed by atoms with van der Waals surface area (Å²) >= 11 is 12.6. The van der Waals surface area contributed by atoms with E-state index in [-0.39, 0.29) is 18.0 Å². The molecule has 0 N–H and O–H groups in total. The van der Waals surface area contributed by atoms with Crippen molar-refractivity contribution < 1.29 is 19.1 Å². The molecule has 3 aromatic carbocycles. The second kappa shape index (κ2) is 12.5. The number of hydrogen-bond acceptors (Lipinski definition) is 5. The molecule has 8 nitrogen and oxygen atoms in total. The molecule has 1 fully saturated rings. The first-order chi connectivity index (χ1) is 20.5. The first kappa shape index (κ1) is 30.7. The average Bonchev–Trinajstić information content (AvgIpc) is 3.30. The van der Waals surface area contributed by atoms with Gasteiger partial charge in [0, 0.05) is 49.2 Å². The van der Waals surface area contributed by atoms with Gasteiger partial charge < -0.3 is 19.3 Å². The fourth-order valence-corrected chi connectivity index (χ4v) is 6.01. The van der Waals surface area contributed by atoms with Gasteiger partial charge >= 0.3 is 6.03 Å². The summed E-state index contributed by atoms with van der Waals surface area (Å²) in [6, 6.07) is 19.9. The van der Waals surface area contributed by atoms with Crippen molar-refractivity contribution in [3.8, 4) is 11.5 Å². The zero-order chi connectivity index (χ0) is 30.9. The highest BCUT2D eigenvalue weighted by Crippen LogP contribution is 2.50. The van der Waals surface area contributed by atoms with Crippen LogP contribution in [0, 0.1) is 0 Å². The van der Waals surface area contributed by atoms with Gasteiger partial charge in [-0.25, -0.2) is 4.79 Å². The molecule has 3 aromatic rings. The van der Waals surface area contributed by atoms with Crippen LogP contribution >= 0.6 is 23.2 Å². The molecule has 0 saturated carbocycles. The number of amides is 3. The summed E-state index contributed by atoms with van der Waals surface area (Å²) in [5.41, 5.74) is 1.53. The monoisotopic (exact) mass is 622 g/mol. The normalized spacial score (nSPS) is 20.3. The minimum absolute atomic E-state index is 0.00131. The lowest BCUT2D eigenvalue weighted by atomic mass is 9.81. The molecular formula is C33H36Cl2N4O4. The molecule has 0 radical (unpaired) electrons. The van der Waals surface area contributed by atoms with Crippen molar-refractivity contribution in [2.24, 2.45) is 4.99 Å². The zero-order valence-electron chi connectivity index (χ0n) is 25.0. The van der Waals surface area contributed by atoms with Crippen LogP contribution in [-0.2, 0) is 10.3 Å². The van der Waals surface area contributed by atoms with Gasteiger partial charge in [-0.2, -0.15) is 0 Å². The molecule has 0 aliphatic carbocycles. The summed E-state index contributed by atoms with van der Waals surface area (Å²) in [5.74, 6) is 1.67. The number of carbonyl (C=O) groups is 2. The third-order valence-electron chi connectivity index (χ3n) is 7.97. The molecule has 10 heteroatoms. The number of urea groups is 1. The number of carbonyl (C=O) groups excluding carboxylic acids is 2. The Balaban J connectivity index is 1.71. The molecule has 5 rings (SSSR count). The fraction of sp³-hybridized carbons (Fsp3) is 0.364. The second-order valence-electron chi connectivity index (χ2n) is 11.2. The predicted octanol–water partition coefficient (Wildman–Crippen LogP) is 6.79. The van der Waals surface area contributed by atoms with E-state index in [0.29, 0.717) is 59.1 Å². The molecule has 2 unspecified atom stereocenters. The van der Waals surface area contributed by atoms with E-state index < -0.39 is 11.6 Å². The SMILES string of the molecule is COc1ccc(C2=NC(C)(c3ccc(Cl)cc3)C(c3ccc(Cl)cc3)N2C(=O)N2CCN(C(C)=O)CC2)c(OC(C)C)c1. The minimum Gasteiger partial charge on any atom is -0.497 e. The van der Waals surface area contributed by atoms with E-state index in [0.717, 1.165) is 11.1 Å². The third kappa shape index (κ3) is 6.17. The lowest BCUT2D eigenvalue weighted by Crippen LogP contribution is -2.55. The first-order valence-corrected chi connectivity index (χ1v) is 15.1. The van der Waals surface area contributed by atoms with Gasteiger partial charge in [-0.3, -0.25) is 14.7 Å². The number of amidine groups is 1. The highest BCUT2D eigenvalue weighted by molar-refractivity contribution is 6.30. The van der Waals surface area contributed by atoms with E-state index in [1.165, 1.54) is 0 Å². The molecule has 0 spiro atoms. The summed E-state index contributed by atoms with van der Waals surface area (Å²) in [7, 11) is 1.60. The van der Waals surface area contributed by atoms with Gasteiger partial charge in [0.15, 0.2) is 0 Å². The number of benzene rings is 3. The Morgan fingerprint density at radius 3 is 2.05 bits per heavy atom. The van der Waals surface area contributed by atoms with Crippen molar-refractivity contribution in [1.29, 1.82) is 0 Å². The molecule has 43 heavy (non-hydrogen) atoms. The third-order valence-corrected chi connectivity index (χ3v) is 8.47. The van der Waals surface area contributed by atoms with Crippen LogP contribution < -0.4 is 9.47 Å². The smallest absolute Gasteiger partial charge is 0.326 e. The van der Waals surface area contributed by atoms with Crippen LogP contribution in [0.5, 0.6) is 11.5 Å². The molecule has 2 aliphatic rings. The summed E-state index contributed by atoms with van der Waals surface area (Å²) in [6.07, 6.45) is -0.133. The number of aliphatic imine (C=N–C) groups is 1. The van der Waals surface area contributed by atoms with E-state index in [1.807, 2.05) is 87.5 Å². The average molecular weight is 624 g/mol. The number of methoxy groups -OCH3 is 1. The van der Waals surface area contributed by atoms with Gasteiger partial charge in [-0.1, -0.05) is 47.5 Å². The van der Waals surface area contributed by atoms with Gasteiger partial charge in [0.25, 0.3) is 0 Å². The second-order valence-corrected chi connectivity index (χ2v) is 12.1. The fourth-order valence-electron chi connectivity index (χ4n) is 5.76. The minimum atomic E-state index is -0.903. The number of rotatable bonds is 6. The molecule has 1 saturated heterocycles. The van der Waals surface area contributed by atoms with Crippen LogP contribution in [0.4, 0.5) is 4.79 Å². The van der Waals surface area contributed by atoms with Crippen LogP contribution in [-0.4, -0.2) is 71.9 Å². The molecule has 3 amide bonds. The maximum atomic E-state index is 14.7. The maximum absolute atomic E-state index is 14.7. The highest BCUT2D eigenvalue weighted by Gasteiger charge is 2.51. The Bertz CT molecular complexity index is 1520. The zero-order valence-corrected chi connectivity index (χ0v) is 26.5. The Morgan fingerprint density at radius 1 is 0.907 bits per heavy atom. The van der Waals surface area contributed by atoms with Gasteiger partial charge in [-0.05, 0) is 68.3 Å². The number of halogens is 2. The molecule has 0 aromatic heterocycles. The molecule has 2 aliphatic heterocycles. The van der Waals surface area contributed by atoms with Gasteiger partial charge in [-0.15, -0.1) is 0 Å². The van der Waals surface area contributed by atoms with E-state index in [9.17, 15) is 9.59 Å². The molecular weight excluding hydrogens is 587 g/mol. The van der Waals surface area contributed by atoms with Crippen LogP contribution in [0.15, 0.2) is 71.7 Å². The van der Waals surface area contributed by atoms with Gasteiger partial charge in [0.05, 0.1) is 24.8 Å². The van der Waals surface area contributed by atoms with Crippen LogP contribution in [0.1, 0.15) is 50.4 Å². The van der Waals surface area contributed by atoms with E-state index in [4.69, 9.17) is 37.7 Å². The quantitative estimate of drug-likeness (QED) is 0.303. The van der Waals surface area contributed by atoms with Crippen LogP contribution in [0.2, 0.25) is 10.0 Å². The topological polar surface area (TPSA) is 74.7 Å². The van der Waals surface area contributed by atoms with Crippen LogP contribution in [0.25, 0.3) is 0 Å². The summed E-state index contributed by atoms with van der Waals surface area (Å²) < 4.78 is 11.8. The van der Waals surface area contributed by atoms with Crippen molar-refractivity contribution in [2.75, 3.05) is 33.3 Å². The largest absolute Gasteiger partial charge is 0.497 e. The molecule has 2 heterocycles. The highest BCUT2D eigenvalue weighted by atomic mass is 35.5. The lowest BCUT2D eigenvalue weighted by molar-refractivity contribution is -0.130. The Morgan fingerprint density at radius 2 is 1.49 bits per heavy atom. The van der Waals surface area contributed by atoms with Crippen molar-refractivity contribution >= 4 is 41.0 Å². The maximum Gasteiger partial charge on any atom is 0.326 e. The van der Waals surface area contributed by atoms with Gasteiger partial charge in [0.2, 0.25) is 5.91 Å². The Labute approximate surface area is 262 Å². The summed E-state index contributed by atoms with van der Waals surface area (Å²) in [5, 5.41) is 1.20. The number of piperazine rings is 1. The lowest BCUT2D eigenvalue weighted by Gasteiger charge is -2.40. The Kier molecular flexibility index (Phi) is 8.90. The van der Waals surface area contributed by atoms with Crippen molar-refractivity contribution in [2.45, 2.75) is 45.4 Å². The number of ether oxygens (including phenoxy) is 2. The van der Waals surface area contributed by atoms with E-state index in [2.05, 4.69) is 0 Å². The van der Waals surface area contributed by atoms with Gasteiger partial charge in [0.1, 0.15) is 22.9 Å². The molecule has 2 atom stereocenters. The van der Waals surface area contributed by atoms with Crippen LogP contribution in [0.3, 0.4) is 0 Å². The van der Waals surface area contributed by atoms with Crippen molar-refractivity contribution in [3.05, 3.63) is 93.5 Å². The predicted molar refractivity (Wildman–Crippen MR) is 169 cm³/mol. The number of nitrogens with zero attached hydrogens (tertiary/aromatic N) is 4. The van der Waals surface area contributed by atoms with E-state index in [1.54, 1.807) is 28.7 Å². The first-order valence-electron chi connectivity index (χ1n) is 14.3. The standard InChI is InChI=1S/C33H36Cl2N4O4/c1-21(2)43-29-20-27(42-5)14-15-28(29)31-36-33(4,24-8-12-26(35)13-9-24)30(23-6-10-25(34)11-7-23)39(31)32(41)38-18-16-37(17-19-38)22(3)40/h6-15,20-21,30H,16-19H2,1-5H3. The number of hydrogen-bond donors (Lipinski definition) is 0. The van der Waals surface area contributed by atoms with E-state index >= 15 is 0 Å². The Hall–Kier alpha value is -3.75. The van der Waals surface area contributed by atoms with Crippen molar-refractivity contribution in [3.63, 3.8) is 0 Å². The summed E-state index contributed by atoms with van der Waals surface area (Å²) in [4.78, 5) is 37.4. The molecule has 0 bridgehead atoms. The summed E-state index contributed by atoms with van der Waals surface area (Å²) in [6.45, 7) is 9.23.